The Balaban J connectivity index is 2.33. The first kappa shape index (κ1) is 12.1. The van der Waals surface area contributed by atoms with Gasteiger partial charge in [-0.15, -0.1) is 0 Å². The van der Waals surface area contributed by atoms with Gasteiger partial charge in [0, 0.05) is 38.1 Å². The lowest BCUT2D eigenvalue weighted by Crippen LogP contribution is -2.35. The Morgan fingerprint density at radius 1 is 1.47 bits per heavy atom. The molecule has 1 unspecified atom stereocenters. The quantitative estimate of drug-likeness (QED) is 0.703. The maximum Gasteiger partial charge on any atom is 0.0446 e. The van der Waals surface area contributed by atoms with Crippen LogP contribution in [0.4, 0.5) is 0 Å². The molecular formula is C11H19N3O. The summed E-state index contributed by atoms with van der Waals surface area (Å²) < 4.78 is 0. The van der Waals surface area contributed by atoms with Gasteiger partial charge in [-0.05, 0) is 31.2 Å². The largest absolute Gasteiger partial charge is 0.396 e. The molecule has 0 fully saturated rings. The molecule has 15 heavy (non-hydrogen) atoms. The number of rotatable bonds is 6. The molecule has 1 heterocycles. The predicted octanol–water partition coefficient (Wildman–Crippen LogP) is 0.223. The topological polar surface area (TPSA) is 62.4 Å². The van der Waals surface area contributed by atoms with E-state index in [2.05, 4.69) is 9.88 Å². The third-order valence-electron chi connectivity index (χ3n) is 2.25. The van der Waals surface area contributed by atoms with Gasteiger partial charge in [0.25, 0.3) is 0 Å². The van der Waals surface area contributed by atoms with E-state index >= 15 is 0 Å². The number of likely N-dealkylation sites (N-methyl/N-ethyl adjacent to an activating group) is 1. The van der Waals surface area contributed by atoms with Gasteiger partial charge in [-0.2, -0.15) is 0 Å². The molecule has 0 spiro atoms. The van der Waals surface area contributed by atoms with Crippen LogP contribution in [-0.2, 0) is 6.54 Å². The number of hydrogen-bond donors (Lipinski definition) is 2. The van der Waals surface area contributed by atoms with Crippen molar-refractivity contribution in [3.63, 3.8) is 0 Å². The molecule has 4 heteroatoms. The summed E-state index contributed by atoms with van der Waals surface area (Å²) in [5.74, 6) is 0. The molecule has 4 nitrogen and oxygen atoms in total. The number of aromatic nitrogens is 1. The first-order chi connectivity index (χ1) is 7.22. The molecule has 1 atom stereocenters. The molecule has 0 aliphatic heterocycles. The monoisotopic (exact) mass is 209 g/mol. The van der Waals surface area contributed by atoms with Crippen molar-refractivity contribution in [2.75, 3.05) is 20.2 Å². The minimum atomic E-state index is 0.0434. The van der Waals surface area contributed by atoms with E-state index in [0.29, 0.717) is 6.42 Å². The summed E-state index contributed by atoms with van der Waals surface area (Å²) in [6.07, 6.45) is 4.23. The highest BCUT2D eigenvalue weighted by Gasteiger charge is 2.06. The maximum atomic E-state index is 8.73. The summed E-state index contributed by atoms with van der Waals surface area (Å²) in [7, 11) is 2.03. The van der Waals surface area contributed by atoms with Crippen LogP contribution in [0.5, 0.6) is 0 Å². The molecule has 0 amide bonds. The van der Waals surface area contributed by atoms with E-state index in [4.69, 9.17) is 10.8 Å². The lowest BCUT2D eigenvalue weighted by Gasteiger charge is -2.20. The van der Waals surface area contributed by atoms with Gasteiger partial charge in [0.2, 0.25) is 0 Å². The molecule has 0 saturated carbocycles. The van der Waals surface area contributed by atoms with E-state index in [-0.39, 0.29) is 12.6 Å². The molecule has 1 aromatic rings. The third-order valence-corrected chi connectivity index (χ3v) is 2.25. The first-order valence-electron chi connectivity index (χ1n) is 5.16. The number of hydrogen-bond acceptors (Lipinski definition) is 4. The van der Waals surface area contributed by atoms with E-state index in [0.717, 1.165) is 13.1 Å². The highest BCUT2D eigenvalue weighted by molar-refractivity contribution is 5.09. The lowest BCUT2D eigenvalue weighted by molar-refractivity contribution is 0.244. The average molecular weight is 209 g/mol. The SMILES string of the molecule is CN(Cc1ccncc1)CC(N)CCO. The highest BCUT2D eigenvalue weighted by atomic mass is 16.3. The molecule has 1 aromatic heterocycles. The molecule has 1 rings (SSSR count). The molecule has 0 aliphatic carbocycles. The standard InChI is InChI=1S/C11H19N3O/c1-14(9-11(12)4-7-15)8-10-2-5-13-6-3-10/h2-3,5-6,11,15H,4,7-9,12H2,1H3. The Bertz CT molecular complexity index is 266. The second-order valence-corrected chi connectivity index (χ2v) is 3.82. The van der Waals surface area contributed by atoms with Crippen molar-refractivity contribution in [2.24, 2.45) is 5.73 Å². The number of pyridine rings is 1. The molecule has 0 saturated heterocycles. The van der Waals surface area contributed by atoms with Crippen LogP contribution >= 0.6 is 0 Å². The molecule has 0 aromatic carbocycles. The minimum Gasteiger partial charge on any atom is -0.396 e. The molecule has 0 aliphatic rings. The summed E-state index contributed by atoms with van der Waals surface area (Å²) >= 11 is 0. The number of nitrogens with zero attached hydrogens (tertiary/aromatic N) is 2. The summed E-state index contributed by atoms with van der Waals surface area (Å²) in [6.45, 7) is 1.81. The Hall–Kier alpha value is -0.970. The summed E-state index contributed by atoms with van der Waals surface area (Å²) in [4.78, 5) is 6.12. The van der Waals surface area contributed by atoms with Crippen molar-refractivity contribution < 1.29 is 5.11 Å². The minimum absolute atomic E-state index is 0.0434. The Labute approximate surface area is 90.7 Å². The molecule has 84 valence electrons. The zero-order valence-corrected chi connectivity index (χ0v) is 9.13. The van der Waals surface area contributed by atoms with Gasteiger partial charge in [0.1, 0.15) is 0 Å². The van der Waals surface area contributed by atoms with Crippen LogP contribution in [0.15, 0.2) is 24.5 Å². The van der Waals surface area contributed by atoms with Gasteiger partial charge >= 0.3 is 0 Å². The number of aliphatic hydroxyl groups is 1. The second kappa shape index (κ2) is 6.50. The van der Waals surface area contributed by atoms with Gasteiger partial charge < -0.3 is 15.7 Å². The van der Waals surface area contributed by atoms with Crippen molar-refractivity contribution in [3.8, 4) is 0 Å². The lowest BCUT2D eigenvalue weighted by atomic mass is 10.2. The normalized spacial score (nSPS) is 13.1. The maximum absolute atomic E-state index is 8.73. The van der Waals surface area contributed by atoms with Gasteiger partial charge in [-0.3, -0.25) is 4.98 Å². The van der Waals surface area contributed by atoms with Crippen LogP contribution in [0.25, 0.3) is 0 Å². The Morgan fingerprint density at radius 3 is 2.73 bits per heavy atom. The van der Waals surface area contributed by atoms with Gasteiger partial charge in [0.05, 0.1) is 0 Å². The van der Waals surface area contributed by atoms with Gasteiger partial charge in [0.15, 0.2) is 0 Å². The summed E-state index contributed by atoms with van der Waals surface area (Å²) in [5.41, 5.74) is 7.05. The van der Waals surface area contributed by atoms with Crippen LogP contribution in [-0.4, -0.2) is 41.2 Å². The average Bonchev–Trinajstić information content (AvgIpc) is 2.19. The fourth-order valence-corrected chi connectivity index (χ4v) is 1.52. The zero-order chi connectivity index (χ0) is 11.1. The van der Waals surface area contributed by atoms with Crippen molar-refractivity contribution in [2.45, 2.75) is 19.0 Å². The van der Waals surface area contributed by atoms with E-state index in [1.165, 1.54) is 5.56 Å². The van der Waals surface area contributed by atoms with Crippen LogP contribution in [0.1, 0.15) is 12.0 Å². The van der Waals surface area contributed by atoms with Crippen molar-refractivity contribution in [3.05, 3.63) is 30.1 Å². The molecule has 3 N–H and O–H groups in total. The van der Waals surface area contributed by atoms with Gasteiger partial charge in [-0.1, -0.05) is 0 Å². The number of aliphatic hydroxyl groups excluding tert-OH is 1. The zero-order valence-electron chi connectivity index (χ0n) is 9.13. The van der Waals surface area contributed by atoms with E-state index in [1.54, 1.807) is 12.4 Å². The van der Waals surface area contributed by atoms with Crippen LogP contribution in [0.2, 0.25) is 0 Å². The van der Waals surface area contributed by atoms with E-state index in [9.17, 15) is 0 Å². The van der Waals surface area contributed by atoms with Gasteiger partial charge in [-0.25, -0.2) is 0 Å². The predicted molar refractivity (Wildman–Crippen MR) is 60.2 cm³/mol. The highest BCUT2D eigenvalue weighted by Crippen LogP contribution is 2.02. The van der Waals surface area contributed by atoms with Crippen LogP contribution in [0, 0.1) is 0 Å². The van der Waals surface area contributed by atoms with Crippen molar-refractivity contribution in [1.82, 2.24) is 9.88 Å². The molecule has 0 bridgehead atoms. The second-order valence-electron chi connectivity index (χ2n) is 3.82. The third kappa shape index (κ3) is 4.88. The van der Waals surface area contributed by atoms with Crippen LogP contribution in [0.3, 0.4) is 0 Å². The van der Waals surface area contributed by atoms with E-state index < -0.39 is 0 Å². The fourth-order valence-electron chi connectivity index (χ4n) is 1.52. The van der Waals surface area contributed by atoms with Crippen molar-refractivity contribution >= 4 is 0 Å². The summed E-state index contributed by atoms with van der Waals surface area (Å²) in [6, 6.07) is 4.03. The van der Waals surface area contributed by atoms with Crippen molar-refractivity contribution in [1.29, 1.82) is 0 Å². The Morgan fingerprint density at radius 2 is 2.13 bits per heavy atom. The Kier molecular flexibility index (Phi) is 5.25. The smallest absolute Gasteiger partial charge is 0.0446 e. The molecule has 0 radical (unpaired) electrons. The fraction of sp³-hybridized carbons (Fsp3) is 0.545. The van der Waals surface area contributed by atoms with E-state index in [1.807, 2.05) is 19.2 Å². The molecular weight excluding hydrogens is 190 g/mol. The number of nitrogens with two attached hydrogens (primary N) is 1. The van der Waals surface area contributed by atoms with Crippen LogP contribution < -0.4 is 5.73 Å². The summed E-state index contributed by atoms with van der Waals surface area (Å²) in [5, 5.41) is 8.73. The first-order valence-corrected chi connectivity index (χ1v) is 5.16.